The fourth-order valence-electron chi connectivity index (χ4n) is 3.28. The maximum Gasteiger partial charge on any atom is 0.228 e. The number of carbonyl (C=O) groups is 1. The average molecular weight is 368 g/mol. The van der Waals surface area contributed by atoms with Gasteiger partial charge in [0.05, 0.1) is 12.2 Å². The Labute approximate surface area is 151 Å². The van der Waals surface area contributed by atoms with Gasteiger partial charge in [-0.15, -0.1) is 0 Å². The molecule has 2 rings (SSSR count). The molecule has 1 aromatic rings. The van der Waals surface area contributed by atoms with Crippen molar-refractivity contribution in [1.82, 2.24) is 4.31 Å². The number of anilines is 2. The number of sulfonamides is 1. The van der Waals surface area contributed by atoms with Crippen molar-refractivity contribution in [3.05, 3.63) is 24.3 Å². The molecule has 1 heterocycles. The van der Waals surface area contributed by atoms with E-state index in [1.807, 2.05) is 24.3 Å². The van der Waals surface area contributed by atoms with E-state index in [1.165, 1.54) is 10.6 Å². The third-order valence-electron chi connectivity index (χ3n) is 4.65. The van der Waals surface area contributed by atoms with Crippen molar-refractivity contribution in [2.24, 2.45) is 5.92 Å². The van der Waals surface area contributed by atoms with Crippen molar-refractivity contribution in [1.29, 1.82) is 0 Å². The second kappa shape index (κ2) is 8.19. The zero-order valence-corrected chi connectivity index (χ0v) is 16.3. The molecule has 0 bridgehead atoms. The van der Waals surface area contributed by atoms with Crippen LogP contribution in [0, 0.1) is 5.92 Å². The first-order valence-corrected chi connectivity index (χ1v) is 10.7. The summed E-state index contributed by atoms with van der Waals surface area (Å²) in [5.74, 6) is -0.414. The molecule has 1 saturated heterocycles. The summed E-state index contributed by atoms with van der Waals surface area (Å²) in [6.45, 7) is 8.10. The van der Waals surface area contributed by atoms with Crippen LogP contribution in [-0.4, -0.2) is 50.6 Å². The van der Waals surface area contributed by atoms with Gasteiger partial charge in [0.15, 0.2) is 0 Å². The lowest BCUT2D eigenvalue weighted by molar-refractivity contribution is -0.120. The van der Waals surface area contributed by atoms with E-state index in [4.69, 9.17) is 0 Å². The largest absolute Gasteiger partial charge is 0.369 e. The molecule has 0 spiro atoms. The van der Waals surface area contributed by atoms with E-state index < -0.39 is 10.0 Å². The van der Waals surface area contributed by atoms with Crippen molar-refractivity contribution >= 4 is 27.3 Å². The van der Waals surface area contributed by atoms with Gasteiger partial charge in [0, 0.05) is 37.1 Å². The molecule has 0 aromatic heterocycles. The van der Waals surface area contributed by atoms with Crippen molar-refractivity contribution in [3.63, 3.8) is 0 Å². The Kier molecular flexibility index (Phi) is 6.46. The molecule has 0 saturated carbocycles. The van der Waals surface area contributed by atoms with E-state index in [9.17, 15) is 13.2 Å². The molecule has 7 heteroatoms. The summed E-state index contributed by atoms with van der Waals surface area (Å²) in [4.78, 5) is 14.8. The molecule has 6 nitrogen and oxygen atoms in total. The summed E-state index contributed by atoms with van der Waals surface area (Å²) in [7, 11) is -3.24. The quantitative estimate of drug-likeness (QED) is 0.839. The van der Waals surface area contributed by atoms with Gasteiger partial charge in [-0.25, -0.2) is 12.7 Å². The highest BCUT2D eigenvalue weighted by atomic mass is 32.2. The van der Waals surface area contributed by atoms with Gasteiger partial charge in [0.25, 0.3) is 0 Å². The van der Waals surface area contributed by atoms with Crippen molar-refractivity contribution in [2.75, 3.05) is 36.1 Å². The van der Waals surface area contributed by atoms with Gasteiger partial charge in [-0.3, -0.25) is 4.79 Å². The summed E-state index contributed by atoms with van der Waals surface area (Å²) in [5, 5.41) is 2.92. The molecular formula is C18H29N3O3S. The normalized spacial score (nSPS) is 19.0. The Hall–Kier alpha value is -1.60. The minimum Gasteiger partial charge on any atom is -0.369 e. The van der Waals surface area contributed by atoms with Crippen LogP contribution in [0.3, 0.4) is 0 Å². The summed E-state index contributed by atoms with van der Waals surface area (Å²) < 4.78 is 24.8. The predicted octanol–water partition coefficient (Wildman–Crippen LogP) is 2.53. The first-order valence-electron chi connectivity index (χ1n) is 8.85. The Bertz CT molecular complexity index is 686. The van der Waals surface area contributed by atoms with E-state index >= 15 is 0 Å². The lowest BCUT2D eigenvalue weighted by atomic mass is 9.98. The number of rotatable bonds is 6. The predicted molar refractivity (Wildman–Crippen MR) is 102 cm³/mol. The van der Waals surface area contributed by atoms with Gasteiger partial charge in [-0.2, -0.15) is 0 Å². The molecule has 1 aliphatic rings. The Morgan fingerprint density at radius 1 is 1.32 bits per heavy atom. The van der Waals surface area contributed by atoms with Gasteiger partial charge < -0.3 is 10.2 Å². The first kappa shape index (κ1) is 19.7. The van der Waals surface area contributed by atoms with Crippen molar-refractivity contribution < 1.29 is 13.2 Å². The summed E-state index contributed by atoms with van der Waals surface area (Å²) >= 11 is 0. The second-order valence-corrected chi connectivity index (χ2v) is 8.86. The third-order valence-corrected chi connectivity index (χ3v) is 5.92. The highest BCUT2D eigenvalue weighted by molar-refractivity contribution is 7.88. The van der Waals surface area contributed by atoms with E-state index in [1.54, 1.807) is 0 Å². The number of carbonyl (C=O) groups excluding carboxylic acids is 1. The van der Waals surface area contributed by atoms with Crippen molar-refractivity contribution in [2.45, 2.75) is 39.7 Å². The average Bonchev–Trinajstić information content (AvgIpc) is 2.56. The van der Waals surface area contributed by atoms with Crippen LogP contribution < -0.4 is 10.2 Å². The van der Waals surface area contributed by atoms with Crippen LogP contribution in [0.5, 0.6) is 0 Å². The van der Waals surface area contributed by atoms with Crippen LogP contribution in [0.4, 0.5) is 11.4 Å². The fraction of sp³-hybridized carbons (Fsp3) is 0.611. The lowest BCUT2D eigenvalue weighted by Crippen LogP contribution is -2.43. The minimum atomic E-state index is -3.24. The SMILES string of the molecule is CCN(c1ccc(NC(=O)C2CCCN(S(C)(=O)=O)C2)cc1)C(C)C. The Morgan fingerprint density at radius 2 is 1.96 bits per heavy atom. The maximum absolute atomic E-state index is 12.5. The number of nitrogens with one attached hydrogen (secondary N) is 1. The van der Waals surface area contributed by atoms with Gasteiger partial charge in [0.1, 0.15) is 0 Å². The van der Waals surface area contributed by atoms with E-state index in [2.05, 4.69) is 31.0 Å². The maximum atomic E-state index is 12.5. The third kappa shape index (κ3) is 5.19. The van der Waals surface area contributed by atoms with E-state index in [-0.39, 0.29) is 18.4 Å². The van der Waals surface area contributed by atoms with Crippen LogP contribution >= 0.6 is 0 Å². The molecule has 1 aliphatic heterocycles. The highest BCUT2D eigenvalue weighted by Gasteiger charge is 2.30. The topological polar surface area (TPSA) is 69.7 Å². The number of hydrogen-bond acceptors (Lipinski definition) is 4. The zero-order chi connectivity index (χ0) is 18.6. The molecule has 25 heavy (non-hydrogen) atoms. The summed E-state index contributed by atoms with van der Waals surface area (Å²) in [6.07, 6.45) is 2.62. The lowest BCUT2D eigenvalue weighted by Gasteiger charge is -2.30. The molecule has 1 N–H and O–H groups in total. The van der Waals surface area contributed by atoms with Gasteiger partial charge in [-0.1, -0.05) is 0 Å². The number of benzene rings is 1. The highest BCUT2D eigenvalue weighted by Crippen LogP contribution is 2.23. The number of nitrogens with zero attached hydrogens (tertiary/aromatic N) is 2. The number of piperidine rings is 1. The molecule has 1 atom stereocenters. The van der Waals surface area contributed by atoms with Crippen LogP contribution in [0.2, 0.25) is 0 Å². The number of amides is 1. The van der Waals surface area contributed by atoms with Crippen molar-refractivity contribution in [3.8, 4) is 0 Å². The first-order chi connectivity index (χ1) is 11.7. The summed E-state index contributed by atoms with van der Waals surface area (Å²) in [6, 6.07) is 8.21. The van der Waals surface area contributed by atoms with Crippen LogP contribution in [0.1, 0.15) is 33.6 Å². The smallest absolute Gasteiger partial charge is 0.228 e. The van der Waals surface area contributed by atoms with Crippen LogP contribution in [0.25, 0.3) is 0 Å². The Morgan fingerprint density at radius 3 is 2.48 bits per heavy atom. The van der Waals surface area contributed by atoms with Gasteiger partial charge in [-0.05, 0) is 57.9 Å². The second-order valence-electron chi connectivity index (χ2n) is 6.88. The molecule has 1 amide bonds. The fourth-order valence-corrected chi connectivity index (χ4v) is 4.20. The van der Waals surface area contributed by atoms with E-state index in [0.717, 1.165) is 17.9 Å². The minimum absolute atomic E-state index is 0.114. The molecule has 1 aromatic carbocycles. The Balaban J connectivity index is 2.01. The van der Waals surface area contributed by atoms with E-state index in [0.29, 0.717) is 25.4 Å². The molecule has 0 radical (unpaired) electrons. The summed E-state index contributed by atoms with van der Waals surface area (Å²) in [5.41, 5.74) is 1.86. The molecule has 1 fully saturated rings. The zero-order valence-electron chi connectivity index (χ0n) is 15.5. The monoisotopic (exact) mass is 367 g/mol. The number of hydrogen-bond donors (Lipinski definition) is 1. The van der Waals surface area contributed by atoms with Gasteiger partial charge in [0.2, 0.25) is 15.9 Å². The van der Waals surface area contributed by atoms with Crippen LogP contribution in [0.15, 0.2) is 24.3 Å². The molecule has 0 aliphatic carbocycles. The van der Waals surface area contributed by atoms with Gasteiger partial charge >= 0.3 is 0 Å². The molecule has 140 valence electrons. The molecule has 1 unspecified atom stereocenters. The standard InChI is InChI=1S/C18H29N3O3S/c1-5-21(14(2)3)17-10-8-16(9-11-17)19-18(22)15-7-6-12-20(13-15)25(4,23)24/h8-11,14-15H,5-7,12-13H2,1-4H3,(H,19,22). The van der Waals surface area contributed by atoms with Crippen LogP contribution in [-0.2, 0) is 14.8 Å². The molecular weight excluding hydrogens is 338 g/mol.